The van der Waals surface area contributed by atoms with Gasteiger partial charge in [0.15, 0.2) is 10.3 Å². The molecule has 0 spiro atoms. The summed E-state index contributed by atoms with van der Waals surface area (Å²) in [5, 5.41) is 5.28. The first-order valence-corrected chi connectivity index (χ1v) is 11.1. The number of nitrogens with one attached hydrogen (secondary N) is 1. The Labute approximate surface area is 176 Å². The quantitative estimate of drug-likeness (QED) is 0.761. The van der Waals surface area contributed by atoms with Gasteiger partial charge in [-0.1, -0.05) is 45.9 Å². The number of amides is 1. The van der Waals surface area contributed by atoms with E-state index in [2.05, 4.69) is 25.1 Å². The van der Waals surface area contributed by atoms with E-state index in [0.717, 1.165) is 67.0 Å². The van der Waals surface area contributed by atoms with Crippen LogP contribution in [0.3, 0.4) is 0 Å². The number of halogens is 2. The first kappa shape index (κ1) is 20.6. The summed E-state index contributed by atoms with van der Waals surface area (Å²) in [5.74, 6) is 0.145. The summed E-state index contributed by atoms with van der Waals surface area (Å²) >= 11 is 14.6. The Morgan fingerprint density at radius 2 is 1.41 bits per heavy atom. The number of piperazine rings is 2. The first-order valence-electron chi connectivity index (χ1n) is 8.71. The smallest absolute Gasteiger partial charge is 0.219 e. The predicted octanol–water partition coefficient (Wildman–Crippen LogP) is 2.67. The Bertz CT molecular complexity index is 741. The summed E-state index contributed by atoms with van der Waals surface area (Å²) in [7, 11) is 0. The predicted molar refractivity (Wildman–Crippen MR) is 114 cm³/mol. The van der Waals surface area contributed by atoms with Gasteiger partial charge in [-0.15, -0.1) is 0 Å². The number of hydrogen-bond acceptors (Lipinski definition) is 8. The van der Waals surface area contributed by atoms with Crippen molar-refractivity contribution < 1.29 is 4.79 Å². The molecule has 0 atom stereocenters. The number of nitrogens with zero attached hydrogens (tertiary/aromatic N) is 5. The molecular formula is C16H22Cl2N6OS2. The number of anilines is 2. The summed E-state index contributed by atoms with van der Waals surface area (Å²) < 4.78 is 1.47. The van der Waals surface area contributed by atoms with E-state index in [0.29, 0.717) is 4.34 Å². The molecule has 4 rings (SSSR count). The highest BCUT2D eigenvalue weighted by molar-refractivity contribution is 7.19. The zero-order valence-electron chi connectivity index (χ0n) is 15.0. The SMILES string of the molecule is CC(=O)N1CCN(c2ncc(Cl)s2)CC1.Clc1cnc(N2CCNCC2)s1. The maximum atomic E-state index is 11.1. The second kappa shape index (κ2) is 9.88. The summed E-state index contributed by atoms with van der Waals surface area (Å²) in [6, 6.07) is 0. The molecule has 0 aromatic carbocycles. The fraction of sp³-hybridized carbons (Fsp3) is 0.562. The molecule has 0 unspecified atom stereocenters. The summed E-state index contributed by atoms with van der Waals surface area (Å²) in [6.45, 7) is 8.96. The van der Waals surface area contributed by atoms with Crippen LogP contribution in [0.5, 0.6) is 0 Å². The lowest BCUT2D eigenvalue weighted by Gasteiger charge is -2.33. The number of rotatable bonds is 2. The molecule has 27 heavy (non-hydrogen) atoms. The largest absolute Gasteiger partial charge is 0.346 e. The maximum Gasteiger partial charge on any atom is 0.219 e. The molecule has 148 valence electrons. The molecule has 7 nitrogen and oxygen atoms in total. The number of aromatic nitrogens is 2. The van der Waals surface area contributed by atoms with Crippen molar-refractivity contribution in [2.75, 3.05) is 62.2 Å². The van der Waals surface area contributed by atoms with Crippen LogP contribution in [0.25, 0.3) is 0 Å². The molecule has 0 saturated carbocycles. The van der Waals surface area contributed by atoms with Crippen molar-refractivity contribution in [3.8, 4) is 0 Å². The van der Waals surface area contributed by atoms with Gasteiger partial charge in [-0.05, 0) is 0 Å². The highest BCUT2D eigenvalue weighted by atomic mass is 35.5. The molecule has 0 aliphatic carbocycles. The van der Waals surface area contributed by atoms with Crippen molar-refractivity contribution in [1.29, 1.82) is 0 Å². The Hall–Kier alpha value is -1.13. The molecule has 1 N–H and O–H groups in total. The fourth-order valence-corrected chi connectivity index (χ4v) is 4.76. The number of thiazole rings is 2. The van der Waals surface area contributed by atoms with Crippen molar-refractivity contribution in [3.63, 3.8) is 0 Å². The van der Waals surface area contributed by atoms with Crippen molar-refractivity contribution >= 4 is 62.0 Å². The van der Waals surface area contributed by atoms with Crippen LogP contribution >= 0.6 is 45.9 Å². The van der Waals surface area contributed by atoms with Gasteiger partial charge in [0.2, 0.25) is 5.91 Å². The minimum Gasteiger partial charge on any atom is -0.346 e. The van der Waals surface area contributed by atoms with E-state index in [4.69, 9.17) is 23.2 Å². The fourth-order valence-electron chi connectivity index (χ4n) is 2.85. The minimum absolute atomic E-state index is 0.145. The summed E-state index contributed by atoms with van der Waals surface area (Å²) in [6.07, 6.45) is 3.38. The van der Waals surface area contributed by atoms with Crippen LogP contribution in [0.1, 0.15) is 6.92 Å². The van der Waals surface area contributed by atoms with Gasteiger partial charge in [-0.25, -0.2) is 9.97 Å². The first-order chi connectivity index (χ1) is 13.0. The molecule has 4 heterocycles. The van der Waals surface area contributed by atoms with E-state index in [1.54, 1.807) is 30.7 Å². The van der Waals surface area contributed by atoms with Gasteiger partial charge in [-0.3, -0.25) is 4.79 Å². The number of carbonyl (C=O) groups excluding carboxylic acids is 1. The van der Waals surface area contributed by atoms with Crippen molar-refractivity contribution in [3.05, 3.63) is 21.1 Å². The topological polar surface area (TPSA) is 64.6 Å². The lowest BCUT2D eigenvalue weighted by atomic mass is 10.3. The van der Waals surface area contributed by atoms with E-state index in [1.165, 1.54) is 11.3 Å². The molecule has 2 aliphatic heterocycles. The number of hydrogen-bond donors (Lipinski definition) is 1. The van der Waals surface area contributed by atoms with Crippen LogP contribution in [0.4, 0.5) is 10.3 Å². The van der Waals surface area contributed by atoms with Gasteiger partial charge in [0, 0.05) is 59.3 Å². The molecule has 11 heteroatoms. The Balaban J connectivity index is 0.000000159. The standard InChI is InChI=1S/C9H12ClN3OS.C7H10ClN3S/c1-7(14)12-2-4-13(5-3-12)9-11-6-8(10)15-9;8-6-5-10-7(12-6)11-3-1-9-2-4-11/h6H,2-5H2,1H3;5,9H,1-4H2. The van der Waals surface area contributed by atoms with Gasteiger partial charge in [0.05, 0.1) is 12.4 Å². The molecule has 2 aromatic rings. The Morgan fingerprint density at radius 3 is 1.81 bits per heavy atom. The zero-order chi connectivity index (χ0) is 19.2. The van der Waals surface area contributed by atoms with Gasteiger partial charge in [0.25, 0.3) is 0 Å². The van der Waals surface area contributed by atoms with Crippen LogP contribution in [-0.2, 0) is 4.79 Å². The van der Waals surface area contributed by atoms with E-state index in [1.807, 2.05) is 4.90 Å². The molecule has 2 aromatic heterocycles. The van der Waals surface area contributed by atoms with Gasteiger partial charge in [-0.2, -0.15) is 0 Å². The molecule has 2 saturated heterocycles. The van der Waals surface area contributed by atoms with Crippen molar-refractivity contribution in [1.82, 2.24) is 20.2 Å². The molecule has 1 amide bonds. The van der Waals surface area contributed by atoms with E-state index < -0.39 is 0 Å². The lowest BCUT2D eigenvalue weighted by molar-refractivity contribution is -0.129. The average Bonchev–Trinajstić information content (AvgIpc) is 3.31. The van der Waals surface area contributed by atoms with Crippen LogP contribution in [0.2, 0.25) is 8.67 Å². The zero-order valence-corrected chi connectivity index (χ0v) is 18.2. The van der Waals surface area contributed by atoms with Crippen LogP contribution < -0.4 is 15.1 Å². The maximum absolute atomic E-state index is 11.1. The molecule has 2 fully saturated rings. The van der Waals surface area contributed by atoms with Crippen molar-refractivity contribution in [2.24, 2.45) is 0 Å². The lowest BCUT2D eigenvalue weighted by Crippen LogP contribution is -2.48. The van der Waals surface area contributed by atoms with E-state index >= 15 is 0 Å². The second-order valence-electron chi connectivity index (χ2n) is 6.12. The normalized spacial score (nSPS) is 17.5. The summed E-state index contributed by atoms with van der Waals surface area (Å²) in [5.41, 5.74) is 0. The van der Waals surface area contributed by atoms with E-state index in [9.17, 15) is 4.79 Å². The Morgan fingerprint density at radius 1 is 0.926 bits per heavy atom. The van der Waals surface area contributed by atoms with Crippen LogP contribution in [-0.4, -0.2) is 73.1 Å². The third kappa shape index (κ3) is 5.92. The Kier molecular flexibility index (Phi) is 7.54. The van der Waals surface area contributed by atoms with Gasteiger partial charge >= 0.3 is 0 Å². The van der Waals surface area contributed by atoms with E-state index in [-0.39, 0.29) is 5.91 Å². The van der Waals surface area contributed by atoms with Crippen LogP contribution in [0.15, 0.2) is 12.4 Å². The molecule has 2 aliphatic rings. The highest BCUT2D eigenvalue weighted by Gasteiger charge is 2.20. The minimum atomic E-state index is 0.145. The van der Waals surface area contributed by atoms with Crippen LogP contribution in [0, 0.1) is 0 Å². The monoisotopic (exact) mass is 448 g/mol. The second-order valence-corrected chi connectivity index (χ2v) is 9.40. The van der Waals surface area contributed by atoms with Gasteiger partial charge in [0.1, 0.15) is 8.67 Å². The van der Waals surface area contributed by atoms with Crippen molar-refractivity contribution in [2.45, 2.75) is 6.92 Å². The third-order valence-corrected chi connectivity index (χ3v) is 6.66. The number of carbonyl (C=O) groups is 1. The third-order valence-electron chi connectivity index (χ3n) is 4.31. The average molecular weight is 449 g/mol. The summed E-state index contributed by atoms with van der Waals surface area (Å²) in [4.78, 5) is 25.8. The molecule has 0 bridgehead atoms. The highest BCUT2D eigenvalue weighted by Crippen LogP contribution is 2.27. The van der Waals surface area contributed by atoms with Gasteiger partial charge < -0.3 is 20.0 Å². The molecule has 0 radical (unpaired) electrons. The molecular weight excluding hydrogens is 427 g/mol.